The van der Waals surface area contributed by atoms with E-state index in [0.717, 1.165) is 66.5 Å². The highest BCUT2D eigenvalue weighted by molar-refractivity contribution is 7.15. The summed E-state index contributed by atoms with van der Waals surface area (Å²) >= 11 is 15.9. The lowest BCUT2D eigenvalue weighted by Gasteiger charge is -2.12. The normalized spacial score (nSPS) is 14.9. The van der Waals surface area contributed by atoms with Gasteiger partial charge in [-0.1, -0.05) is 47.5 Å². The molecule has 6 heterocycles. The number of hydrogen-bond donors (Lipinski definition) is 0. The van der Waals surface area contributed by atoms with Crippen LogP contribution in [0.5, 0.6) is 0 Å². The van der Waals surface area contributed by atoms with Gasteiger partial charge in [-0.3, -0.25) is 28.7 Å². The number of aliphatic imine (C=N–C) groups is 2. The quantitative estimate of drug-likeness (QED) is 0.0364. The van der Waals surface area contributed by atoms with Crippen LogP contribution in [0.3, 0.4) is 0 Å². The van der Waals surface area contributed by atoms with Gasteiger partial charge in [0, 0.05) is 81.0 Å². The fourth-order valence-corrected chi connectivity index (χ4v) is 11.7. The summed E-state index contributed by atoms with van der Waals surface area (Å²) < 4.78 is 43.7. The molecule has 77 heavy (non-hydrogen) atoms. The van der Waals surface area contributed by atoms with Crippen molar-refractivity contribution >= 4 is 68.9 Å². The highest BCUT2D eigenvalue weighted by atomic mass is 35.5. The van der Waals surface area contributed by atoms with Crippen LogP contribution in [0, 0.1) is 41.5 Å². The number of nitrogens with zero attached hydrogens (tertiary/aromatic N) is 8. The Labute approximate surface area is 468 Å². The Bertz CT molecular complexity index is 2790. The lowest BCUT2D eigenvalue weighted by atomic mass is 9.99. The third-order valence-corrected chi connectivity index (χ3v) is 16.2. The van der Waals surface area contributed by atoms with Crippen LogP contribution >= 0.6 is 45.9 Å². The number of fused-ring (bicyclic) bond motifs is 6. The minimum absolute atomic E-state index is 0.0897. The average molecular weight is 1130 g/mol. The summed E-state index contributed by atoms with van der Waals surface area (Å²) in [7, 11) is 0. The summed E-state index contributed by atoms with van der Waals surface area (Å²) in [5.41, 5.74) is 7.92. The van der Waals surface area contributed by atoms with Crippen LogP contribution in [0.4, 0.5) is 0 Å². The molecule has 17 nitrogen and oxygen atoms in total. The van der Waals surface area contributed by atoms with E-state index >= 15 is 0 Å². The summed E-state index contributed by atoms with van der Waals surface area (Å²) in [5, 5.41) is 21.1. The van der Waals surface area contributed by atoms with Gasteiger partial charge in [-0.2, -0.15) is 0 Å². The van der Waals surface area contributed by atoms with Crippen molar-refractivity contribution in [3.63, 3.8) is 0 Å². The van der Waals surface area contributed by atoms with E-state index in [9.17, 15) is 9.59 Å². The number of ether oxygens (including phenoxy) is 7. The first-order valence-electron chi connectivity index (χ1n) is 26.2. The van der Waals surface area contributed by atoms with Gasteiger partial charge in [-0.25, -0.2) is 0 Å². The van der Waals surface area contributed by atoms with E-state index in [-0.39, 0.29) is 24.4 Å². The maximum Gasteiger partial charge on any atom is 0.163 e. The highest BCUT2D eigenvalue weighted by Gasteiger charge is 2.34. The van der Waals surface area contributed by atoms with Crippen LogP contribution < -0.4 is 0 Å². The molecule has 0 spiro atoms. The first kappa shape index (κ1) is 58.3. The molecule has 0 bridgehead atoms. The Morgan fingerprint density at radius 1 is 0.468 bits per heavy atom. The number of aryl methyl sites for hydroxylation is 4. The van der Waals surface area contributed by atoms with Gasteiger partial charge in [-0.05, 0) is 89.8 Å². The zero-order valence-electron chi connectivity index (χ0n) is 44.7. The number of carbonyl (C=O) groups is 2. The van der Waals surface area contributed by atoms with Crippen molar-refractivity contribution in [1.82, 2.24) is 29.5 Å². The largest absolute Gasteiger partial charge is 0.379 e. The molecule has 0 saturated heterocycles. The first-order chi connectivity index (χ1) is 37.4. The molecular formula is C56H68Cl2N8O9S2. The molecule has 2 atom stereocenters. The second kappa shape index (κ2) is 28.8. The standard InChI is InChI=1S/C56H68Cl2N8O9S2/c1-35-37(3)76-55-49(35)51(41-11-15-43(57)16-12-41)59-47(53-63-61-39(5)65(53)55)33-45(67)9-7-19-69-21-23-71-25-27-73-29-31-75-32-30-74-28-26-72-24-22-70-20-8-10-46(68)34-48-54-64-62-40(6)66(54)56-50(36(2)38(4)77-56)52(60-48)42-13-17-44(58)18-14-42/h11-18,47-48H,7-10,19-34H2,1-6H3. The minimum Gasteiger partial charge on any atom is -0.379 e. The Morgan fingerprint density at radius 3 is 1.10 bits per heavy atom. The molecule has 2 aliphatic rings. The molecule has 2 aromatic carbocycles. The summed E-state index contributed by atoms with van der Waals surface area (Å²) in [6.45, 7) is 18.5. The van der Waals surface area contributed by atoms with Gasteiger partial charge in [0.25, 0.3) is 0 Å². The molecule has 0 amide bonds. The van der Waals surface area contributed by atoms with Gasteiger partial charge >= 0.3 is 0 Å². The minimum atomic E-state index is -0.481. The number of benzene rings is 2. The molecule has 0 aliphatic carbocycles. The van der Waals surface area contributed by atoms with Crippen LogP contribution in [0.15, 0.2) is 58.5 Å². The maximum atomic E-state index is 13.3. The van der Waals surface area contributed by atoms with Crippen molar-refractivity contribution in [3.05, 3.63) is 125 Å². The van der Waals surface area contributed by atoms with Crippen LogP contribution in [-0.4, -0.2) is 145 Å². The molecule has 0 saturated carbocycles. The first-order valence-corrected chi connectivity index (χ1v) is 28.6. The van der Waals surface area contributed by atoms with Crippen LogP contribution in [-0.2, 0) is 42.7 Å². The van der Waals surface area contributed by atoms with Crippen molar-refractivity contribution in [2.24, 2.45) is 9.98 Å². The topological polar surface area (TPSA) is 185 Å². The molecule has 2 unspecified atom stereocenters. The van der Waals surface area contributed by atoms with E-state index < -0.39 is 12.1 Å². The summed E-state index contributed by atoms with van der Waals surface area (Å²) in [4.78, 5) is 39.5. The Balaban J connectivity index is 0.601. The van der Waals surface area contributed by atoms with Crippen LogP contribution in [0.1, 0.15) is 117 Å². The lowest BCUT2D eigenvalue weighted by Crippen LogP contribution is -2.15. The molecule has 0 N–H and O–H groups in total. The van der Waals surface area contributed by atoms with Gasteiger partial charge in [0.1, 0.15) is 45.3 Å². The van der Waals surface area contributed by atoms with E-state index in [1.54, 1.807) is 22.7 Å². The smallest absolute Gasteiger partial charge is 0.163 e. The van der Waals surface area contributed by atoms with Crippen molar-refractivity contribution in [1.29, 1.82) is 0 Å². The zero-order valence-corrected chi connectivity index (χ0v) is 47.9. The average Bonchev–Trinajstić information content (AvgIpc) is 4.11. The van der Waals surface area contributed by atoms with Crippen molar-refractivity contribution < 1.29 is 42.7 Å². The third kappa shape index (κ3) is 15.3. The van der Waals surface area contributed by atoms with Gasteiger partial charge in [-0.15, -0.1) is 43.1 Å². The Morgan fingerprint density at radius 2 is 0.779 bits per heavy atom. The van der Waals surface area contributed by atoms with Crippen LogP contribution in [0.25, 0.3) is 10.0 Å². The van der Waals surface area contributed by atoms with Gasteiger partial charge in [0.05, 0.1) is 90.7 Å². The Kier molecular flexibility index (Phi) is 21.8. The van der Waals surface area contributed by atoms with E-state index in [1.807, 2.05) is 62.4 Å². The number of carbonyl (C=O) groups excluding carboxylic acids is 2. The number of halogens is 2. The number of aromatic nitrogens is 6. The van der Waals surface area contributed by atoms with Crippen molar-refractivity contribution in [3.8, 4) is 10.0 Å². The predicted molar refractivity (Wildman–Crippen MR) is 300 cm³/mol. The lowest BCUT2D eigenvalue weighted by molar-refractivity contribution is -0.120. The van der Waals surface area contributed by atoms with Gasteiger partial charge < -0.3 is 33.2 Å². The van der Waals surface area contributed by atoms with Crippen molar-refractivity contribution in [2.45, 2.75) is 92.2 Å². The Hall–Kier alpha value is -4.90. The number of Topliss-reactive ketones (excluding diaryl/α,β-unsaturated/α-hetero) is 2. The fraction of sp³-hybridized carbons (Fsp3) is 0.500. The molecule has 0 fully saturated rings. The molecular weight excluding hydrogens is 1060 g/mol. The highest BCUT2D eigenvalue weighted by Crippen LogP contribution is 2.41. The predicted octanol–water partition coefficient (Wildman–Crippen LogP) is 10.2. The summed E-state index contributed by atoms with van der Waals surface area (Å²) in [5.74, 6) is 3.05. The molecule has 6 aromatic rings. The third-order valence-electron chi connectivity index (χ3n) is 13.3. The number of hydrogen-bond acceptors (Lipinski definition) is 17. The van der Waals surface area contributed by atoms with E-state index in [2.05, 4.69) is 57.2 Å². The van der Waals surface area contributed by atoms with Gasteiger partial charge in [0.15, 0.2) is 11.6 Å². The van der Waals surface area contributed by atoms with E-state index in [4.69, 9.17) is 66.3 Å². The van der Waals surface area contributed by atoms with Crippen molar-refractivity contribution in [2.75, 3.05) is 92.5 Å². The molecule has 0 radical (unpaired) electrons. The molecule has 2 aliphatic heterocycles. The maximum absolute atomic E-state index is 13.3. The number of rotatable bonds is 32. The summed E-state index contributed by atoms with van der Waals surface area (Å²) in [6.07, 6.45) is 2.36. The monoisotopic (exact) mass is 1130 g/mol. The molecule has 8 rings (SSSR count). The molecule has 4 aromatic heterocycles. The molecule has 412 valence electrons. The number of thiophene rings is 2. The van der Waals surface area contributed by atoms with Gasteiger partial charge in [0.2, 0.25) is 0 Å². The zero-order chi connectivity index (χ0) is 54.3. The van der Waals surface area contributed by atoms with E-state index in [0.29, 0.717) is 140 Å². The molecule has 21 heteroatoms. The second-order valence-corrected chi connectivity index (χ2v) is 22.1. The van der Waals surface area contributed by atoms with Crippen LogP contribution in [0.2, 0.25) is 10.0 Å². The SMILES string of the molecule is Cc1sc2c(c1C)C(c1ccc(Cl)cc1)=NC(CC(=O)CCCOCCOCCOCCOCCOCCOCCOCCCC(=O)CC1N=C(c3ccc(Cl)cc3)c3c(sc(C)c3C)-n3c(C)nnc31)c1nnc(C)n1-2. The van der Waals surface area contributed by atoms with E-state index in [1.165, 1.54) is 9.75 Å². The fourth-order valence-electron chi connectivity index (χ4n) is 9.06. The summed E-state index contributed by atoms with van der Waals surface area (Å²) in [6, 6.07) is 14.4. The second-order valence-electron chi connectivity index (χ2n) is 18.8. The number of ketones is 2.